The Kier molecular flexibility index (Phi) is 5.09. The number of benzene rings is 1. The van der Waals surface area contributed by atoms with Crippen LogP contribution < -0.4 is 5.73 Å². The van der Waals surface area contributed by atoms with Gasteiger partial charge in [-0.3, -0.25) is 9.69 Å². The molecule has 1 fully saturated rings. The maximum absolute atomic E-state index is 11.3. The molecule has 0 aromatic heterocycles. The fourth-order valence-electron chi connectivity index (χ4n) is 2.55. The Labute approximate surface area is 125 Å². The molecule has 1 aromatic carbocycles. The van der Waals surface area contributed by atoms with E-state index in [9.17, 15) is 4.79 Å². The highest BCUT2D eigenvalue weighted by atomic mass is 32.1. The summed E-state index contributed by atoms with van der Waals surface area (Å²) in [4.78, 5) is 16.1. The largest absolute Gasteiger partial charge is 0.393 e. The van der Waals surface area contributed by atoms with Crippen LogP contribution in [-0.4, -0.2) is 53.4 Å². The van der Waals surface area contributed by atoms with Crippen molar-refractivity contribution in [2.24, 2.45) is 5.73 Å². The molecule has 1 saturated heterocycles. The van der Waals surface area contributed by atoms with Gasteiger partial charge >= 0.3 is 0 Å². The van der Waals surface area contributed by atoms with Crippen molar-refractivity contribution >= 4 is 23.1 Å². The monoisotopic (exact) mass is 291 g/mol. The standard InChI is InChI=1S/C15H21N3OS/c1-12(19)18-9-7-17(8-10-18)11-14(15(16)20)13-5-3-2-4-6-13/h2-6,14H,7-11H2,1H3,(H2,16,20). The molecule has 0 spiro atoms. The smallest absolute Gasteiger partial charge is 0.219 e. The molecular formula is C15H21N3OS. The average molecular weight is 291 g/mol. The SMILES string of the molecule is CC(=O)N1CCN(CC(C(N)=S)c2ccccc2)CC1. The fraction of sp³-hybridized carbons (Fsp3) is 0.467. The Morgan fingerprint density at radius 3 is 2.35 bits per heavy atom. The van der Waals surface area contributed by atoms with Gasteiger partial charge < -0.3 is 10.6 Å². The topological polar surface area (TPSA) is 49.6 Å². The first-order valence-electron chi connectivity index (χ1n) is 6.90. The van der Waals surface area contributed by atoms with Crippen molar-refractivity contribution in [2.45, 2.75) is 12.8 Å². The summed E-state index contributed by atoms with van der Waals surface area (Å²) >= 11 is 5.22. The van der Waals surface area contributed by atoms with E-state index in [4.69, 9.17) is 18.0 Å². The molecule has 5 heteroatoms. The van der Waals surface area contributed by atoms with Crippen molar-refractivity contribution in [3.8, 4) is 0 Å². The van der Waals surface area contributed by atoms with Crippen LogP contribution in [0.5, 0.6) is 0 Å². The van der Waals surface area contributed by atoms with E-state index >= 15 is 0 Å². The maximum Gasteiger partial charge on any atom is 0.219 e. The average Bonchev–Trinajstić information content (AvgIpc) is 2.46. The first kappa shape index (κ1) is 14.9. The number of rotatable bonds is 4. The molecule has 4 nitrogen and oxygen atoms in total. The Morgan fingerprint density at radius 2 is 1.85 bits per heavy atom. The molecule has 1 aliphatic heterocycles. The van der Waals surface area contributed by atoms with Crippen molar-refractivity contribution in [1.82, 2.24) is 9.80 Å². The lowest BCUT2D eigenvalue weighted by Crippen LogP contribution is -2.49. The summed E-state index contributed by atoms with van der Waals surface area (Å²) in [7, 11) is 0. The van der Waals surface area contributed by atoms with Gasteiger partial charge in [-0.15, -0.1) is 0 Å². The summed E-state index contributed by atoms with van der Waals surface area (Å²) in [6, 6.07) is 10.1. The van der Waals surface area contributed by atoms with E-state index in [1.807, 2.05) is 23.1 Å². The van der Waals surface area contributed by atoms with E-state index in [1.54, 1.807) is 6.92 Å². The third-order valence-corrected chi connectivity index (χ3v) is 4.09. The van der Waals surface area contributed by atoms with E-state index < -0.39 is 0 Å². The van der Waals surface area contributed by atoms with Crippen LogP contribution in [0.1, 0.15) is 18.4 Å². The fourth-order valence-corrected chi connectivity index (χ4v) is 2.76. The normalized spacial score (nSPS) is 17.8. The van der Waals surface area contributed by atoms with Gasteiger partial charge in [0.1, 0.15) is 0 Å². The minimum absolute atomic E-state index is 0.0788. The predicted octanol–water partition coefficient (Wildman–Crippen LogP) is 1.22. The van der Waals surface area contributed by atoms with Crippen LogP contribution in [0.15, 0.2) is 30.3 Å². The Balaban J connectivity index is 1.97. The van der Waals surface area contributed by atoms with Crippen molar-refractivity contribution in [1.29, 1.82) is 0 Å². The first-order valence-corrected chi connectivity index (χ1v) is 7.31. The van der Waals surface area contributed by atoms with E-state index in [2.05, 4.69) is 17.0 Å². The molecule has 0 radical (unpaired) electrons. The van der Waals surface area contributed by atoms with E-state index in [-0.39, 0.29) is 11.8 Å². The minimum Gasteiger partial charge on any atom is -0.393 e. The molecule has 108 valence electrons. The maximum atomic E-state index is 11.3. The number of hydrogen-bond acceptors (Lipinski definition) is 3. The molecule has 0 saturated carbocycles. The van der Waals surface area contributed by atoms with Crippen LogP contribution in [0, 0.1) is 0 Å². The van der Waals surface area contributed by atoms with Gasteiger partial charge in [-0.25, -0.2) is 0 Å². The van der Waals surface area contributed by atoms with Crippen LogP contribution in [0.2, 0.25) is 0 Å². The lowest BCUT2D eigenvalue weighted by Gasteiger charge is -2.36. The zero-order valence-corrected chi connectivity index (χ0v) is 12.6. The molecule has 1 amide bonds. The quantitative estimate of drug-likeness (QED) is 0.848. The summed E-state index contributed by atoms with van der Waals surface area (Å²) in [5, 5.41) is 0. The van der Waals surface area contributed by atoms with Crippen molar-refractivity contribution in [2.75, 3.05) is 32.7 Å². The van der Waals surface area contributed by atoms with Crippen molar-refractivity contribution in [3.63, 3.8) is 0 Å². The minimum atomic E-state index is 0.0788. The van der Waals surface area contributed by atoms with Crippen molar-refractivity contribution in [3.05, 3.63) is 35.9 Å². The second-order valence-electron chi connectivity index (χ2n) is 5.17. The third-order valence-electron chi connectivity index (χ3n) is 3.80. The second kappa shape index (κ2) is 6.81. The molecule has 2 N–H and O–H groups in total. The number of amides is 1. The number of carbonyl (C=O) groups is 1. The van der Waals surface area contributed by atoms with Crippen molar-refractivity contribution < 1.29 is 4.79 Å². The van der Waals surface area contributed by atoms with Gasteiger partial charge in [0, 0.05) is 45.6 Å². The highest BCUT2D eigenvalue weighted by Gasteiger charge is 2.23. The molecule has 1 atom stereocenters. The molecule has 2 rings (SSSR count). The number of nitrogens with two attached hydrogens (primary N) is 1. The van der Waals surface area contributed by atoms with E-state index in [0.29, 0.717) is 4.99 Å². The van der Waals surface area contributed by atoms with Gasteiger partial charge in [0.15, 0.2) is 0 Å². The number of thiocarbonyl (C=S) groups is 1. The number of piperazine rings is 1. The lowest BCUT2D eigenvalue weighted by atomic mass is 9.98. The Hall–Kier alpha value is -1.46. The number of hydrogen-bond donors (Lipinski definition) is 1. The van der Waals surface area contributed by atoms with Gasteiger partial charge in [0.25, 0.3) is 0 Å². The van der Waals surface area contributed by atoms with Crippen LogP contribution in [-0.2, 0) is 4.79 Å². The second-order valence-corrected chi connectivity index (χ2v) is 5.64. The van der Waals surface area contributed by atoms with Gasteiger partial charge in [-0.1, -0.05) is 42.5 Å². The molecule has 1 heterocycles. The summed E-state index contributed by atoms with van der Waals surface area (Å²) in [5.74, 6) is 0.230. The summed E-state index contributed by atoms with van der Waals surface area (Å²) in [6.07, 6.45) is 0. The zero-order valence-electron chi connectivity index (χ0n) is 11.8. The highest BCUT2D eigenvalue weighted by Crippen LogP contribution is 2.18. The first-order chi connectivity index (χ1) is 9.58. The van der Waals surface area contributed by atoms with Gasteiger partial charge in [0.2, 0.25) is 5.91 Å². The molecular weight excluding hydrogens is 270 g/mol. The molecule has 1 aromatic rings. The van der Waals surface area contributed by atoms with E-state index in [1.165, 1.54) is 0 Å². The molecule has 1 unspecified atom stereocenters. The lowest BCUT2D eigenvalue weighted by molar-refractivity contribution is -0.130. The zero-order chi connectivity index (χ0) is 14.5. The molecule has 0 aliphatic carbocycles. The van der Waals surface area contributed by atoms with Gasteiger partial charge in [-0.2, -0.15) is 0 Å². The van der Waals surface area contributed by atoms with Crippen LogP contribution >= 0.6 is 12.2 Å². The Bertz CT molecular complexity index is 469. The number of carbonyl (C=O) groups excluding carboxylic acids is 1. The molecule has 20 heavy (non-hydrogen) atoms. The van der Waals surface area contributed by atoms with Crippen LogP contribution in [0.3, 0.4) is 0 Å². The van der Waals surface area contributed by atoms with Crippen LogP contribution in [0.4, 0.5) is 0 Å². The Morgan fingerprint density at radius 1 is 1.25 bits per heavy atom. The summed E-state index contributed by atoms with van der Waals surface area (Å²) < 4.78 is 0. The van der Waals surface area contributed by atoms with Gasteiger partial charge in [0.05, 0.1) is 4.99 Å². The van der Waals surface area contributed by atoms with Crippen LogP contribution in [0.25, 0.3) is 0 Å². The van der Waals surface area contributed by atoms with E-state index in [0.717, 1.165) is 38.3 Å². The molecule has 0 bridgehead atoms. The number of nitrogens with zero attached hydrogens (tertiary/aromatic N) is 2. The highest BCUT2D eigenvalue weighted by molar-refractivity contribution is 7.80. The third kappa shape index (κ3) is 3.77. The van der Waals surface area contributed by atoms with Gasteiger partial charge in [-0.05, 0) is 5.56 Å². The summed E-state index contributed by atoms with van der Waals surface area (Å²) in [5.41, 5.74) is 7.06. The predicted molar refractivity (Wildman–Crippen MR) is 84.7 cm³/mol. The molecule has 1 aliphatic rings. The summed E-state index contributed by atoms with van der Waals surface area (Å²) in [6.45, 7) is 5.78.